The van der Waals surface area contributed by atoms with Gasteiger partial charge in [0, 0.05) is 19.7 Å². The first-order chi connectivity index (χ1) is 14.8. The second kappa shape index (κ2) is 13.8. The summed E-state index contributed by atoms with van der Waals surface area (Å²) in [5.41, 5.74) is 4.74. The van der Waals surface area contributed by atoms with Gasteiger partial charge in [-0.1, -0.05) is 48.5 Å². The second-order valence-electron chi connectivity index (χ2n) is 6.77. The number of nitrogens with one attached hydrogen (secondary N) is 2. The van der Waals surface area contributed by atoms with Crippen molar-refractivity contribution < 1.29 is 4.74 Å². The Labute approximate surface area is 201 Å². The molecule has 3 aromatic rings. The minimum absolute atomic E-state index is 0. The van der Waals surface area contributed by atoms with Crippen LogP contribution >= 0.6 is 24.0 Å². The fourth-order valence-electron chi connectivity index (χ4n) is 3.12. The van der Waals surface area contributed by atoms with Gasteiger partial charge >= 0.3 is 0 Å². The summed E-state index contributed by atoms with van der Waals surface area (Å²) in [6, 6.07) is 17.0. The summed E-state index contributed by atoms with van der Waals surface area (Å²) in [6.45, 7) is 8.31. The molecular weight excluding hydrogens is 503 g/mol. The van der Waals surface area contributed by atoms with Crippen LogP contribution in [0, 0.1) is 0 Å². The van der Waals surface area contributed by atoms with Crippen LogP contribution in [-0.4, -0.2) is 47.0 Å². The number of nitrogens with zero attached hydrogens (tertiary/aromatic N) is 4. The van der Waals surface area contributed by atoms with Crippen molar-refractivity contribution in [1.29, 1.82) is 0 Å². The molecule has 0 aliphatic heterocycles. The molecule has 2 N–H and O–H groups in total. The standard InChI is InChI=1S/C23H30N6O.HI/c1-3-25-23(26-13-14-30-4-2)27-15-21-7-5-6-8-22(21)20-11-9-19(10-12-20)16-29-18-24-17-28-29;/h5-12,17-18H,3-4,13-16H2,1-2H3,(H2,25,26,27);1H. The maximum absolute atomic E-state index is 5.39. The molecule has 3 rings (SSSR count). The fraction of sp³-hybridized carbons (Fsp3) is 0.348. The number of benzene rings is 2. The lowest BCUT2D eigenvalue weighted by atomic mass is 9.98. The average Bonchev–Trinajstić information content (AvgIpc) is 3.29. The van der Waals surface area contributed by atoms with Gasteiger partial charge in [-0.25, -0.2) is 14.7 Å². The zero-order valence-electron chi connectivity index (χ0n) is 18.1. The molecule has 0 aliphatic rings. The number of rotatable bonds is 10. The zero-order chi connectivity index (χ0) is 21.0. The van der Waals surface area contributed by atoms with E-state index >= 15 is 0 Å². The molecule has 0 atom stereocenters. The van der Waals surface area contributed by atoms with Crippen LogP contribution in [0.2, 0.25) is 0 Å². The van der Waals surface area contributed by atoms with Crippen molar-refractivity contribution in [2.45, 2.75) is 26.9 Å². The zero-order valence-corrected chi connectivity index (χ0v) is 20.5. The Morgan fingerprint density at radius 1 is 1.06 bits per heavy atom. The van der Waals surface area contributed by atoms with E-state index in [0.717, 1.165) is 25.7 Å². The fourth-order valence-corrected chi connectivity index (χ4v) is 3.12. The highest BCUT2D eigenvalue weighted by molar-refractivity contribution is 14.0. The Morgan fingerprint density at radius 3 is 2.58 bits per heavy atom. The van der Waals surface area contributed by atoms with Crippen LogP contribution in [0.25, 0.3) is 11.1 Å². The smallest absolute Gasteiger partial charge is 0.191 e. The van der Waals surface area contributed by atoms with Crippen molar-refractivity contribution in [2.24, 2.45) is 4.99 Å². The average molecular weight is 534 g/mol. The lowest BCUT2D eigenvalue weighted by molar-refractivity contribution is 0.152. The molecule has 2 aromatic carbocycles. The maximum Gasteiger partial charge on any atom is 0.191 e. The van der Waals surface area contributed by atoms with Crippen LogP contribution in [0.3, 0.4) is 0 Å². The molecule has 1 aromatic heterocycles. The normalized spacial score (nSPS) is 11.1. The summed E-state index contributed by atoms with van der Waals surface area (Å²) < 4.78 is 7.21. The summed E-state index contributed by atoms with van der Waals surface area (Å²) in [6.07, 6.45) is 3.28. The van der Waals surface area contributed by atoms with Crippen molar-refractivity contribution >= 4 is 29.9 Å². The summed E-state index contributed by atoms with van der Waals surface area (Å²) in [5, 5.41) is 10.8. The Morgan fingerprint density at radius 2 is 1.87 bits per heavy atom. The van der Waals surface area contributed by atoms with Crippen LogP contribution in [0.15, 0.2) is 66.2 Å². The minimum atomic E-state index is 0. The molecule has 0 saturated carbocycles. The monoisotopic (exact) mass is 534 g/mol. The lowest BCUT2D eigenvalue weighted by Gasteiger charge is -2.13. The Hall–Kier alpha value is -2.46. The summed E-state index contributed by atoms with van der Waals surface area (Å²) in [7, 11) is 0. The summed E-state index contributed by atoms with van der Waals surface area (Å²) in [4.78, 5) is 8.75. The van der Waals surface area contributed by atoms with Gasteiger partial charge in [0.05, 0.1) is 19.7 Å². The molecule has 0 amide bonds. The van der Waals surface area contributed by atoms with Gasteiger partial charge in [-0.3, -0.25) is 0 Å². The van der Waals surface area contributed by atoms with Crippen molar-refractivity contribution in [3.05, 3.63) is 72.3 Å². The summed E-state index contributed by atoms with van der Waals surface area (Å²) in [5.74, 6) is 0.801. The molecule has 31 heavy (non-hydrogen) atoms. The van der Waals surface area contributed by atoms with E-state index in [1.807, 2.05) is 11.6 Å². The molecular formula is C23H31IN6O. The summed E-state index contributed by atoms with van der Waals surface area (Å²) >= 11 is 0. The third kappa shape index (κ3) is 7.95. The van der Waals surface area contributed by atoms with Gasteiger partial charge in [-0.2, -0.15) is 5.10 Å². The Bertz CT molecular complexity index is 912. The number of hydrogen-bond acceptors (Lipinski definition) is 4. The van der Waals surface area contributed by atoms with Crippen molar-refractivity contribution in [3.63, 3.8) is 0 Å². The molecule has 0 saturated heterocycles. The predicted octanol–water partition coefficient (Wildman–Crippen LogP) is 3.70. The number of aliphatic imine (C=N–C) groups is 1. The number of ether oxygens (including phenoxy) is 1. The highest BCUT2D eigenvalue weighted by atomic mass is 127. The predicted molar refractivity (Wildman–Crippen MR) is 136 cm³/mol. The Balaban J connectivity index is 0.00000341. The first kappa shape index (κ1) is 24.8. The first-order valence-corrected chi connectivity index (χ1v) is 10.4. The third-order valence-electron chi connectivity index (χ3n) is 4.59. The van der Waals surface area contributed by atoms with Crippen LogP contribution in [0.5, 0.6) is 0 Å². The number of guanidine groups is 1. The van der Waals surface area contributed by atoms with E-state index in [1.54, 1.807) is 12.7 Å². The van der Waals surface area contributed by atoms with Crippen LogP contribution in [0.1, 0.15) is 25.0 Å². The van der Waals surface area contributed by atoms with Gasteiger partial charge in [0.2, 0.25) is 0 Å². The second-order valence-corrected chi connectivity index (χ2v) is 6.77. The molecule has 0 radical (unpaired) electrons. The largest absolute Gasteiger partial charge is 0.380 e. The van der Waals surface area contributed by atoms with Gasteiger partial charge in [-0.05, 0) is 36.1 Å². The molecule has 7 nitrogen and oxygen atoms in total. The van der Waals surface area contributed by atoms with Gasteiger partial charge in [0.15, 0.2) is 5.96 Å². The molecule has 0 aliphatic carbocycles. The quantitative estimate of drug-likeness (QED) is 0.180. The number of halogens is 1. The number of hydrogen-bond donors (Lipinski definition) is 2. The highest BCUT2D eigenvalue weighted by Gasteiger charge is 2.06. The number of aromatic nitrogens is 3. The van der Waals surface area contributed by atoms with Gasteiger partial charge in [0.1, 0.15) is 12.7 Å². The molecule has 8 heteroatoms. The van der Waals surface area contributed by atoms with Crippen LogP contribution in [-0.2, 0) is 17.8 Å². The molecule has 0 bridgehead atoms. The van der Waals surface area contributed by atoms with Crippen LogP contribution < -0.4 is 10.6 Å². The topological polar surface area (TPSA) is 76.4 Å². The third-order valence-corrected chi connectivity index (χ3v) is 4.59. The van der Waals surface area contributed by atoms with E-state index in [0.29, 0.717) is 19.7 Å². The van der Waals surface area contributed by atoms with E-state index in [4.69, 9.17) is 9.73 Å². The molecule has 0 fully saturated rings. The van der Waals surface area contributed by atoms with E-state index < -0.39 is 0 Å². The minimum Gasteiger partial charge on any atom is -0.380 e. The molecule has 0 spiro atoms. The molecule has 0 unspecified atom stereocenters. The molecule has 166 valence electrons. The van der Waals surface area contributed by atoms with E-state index in [1.165, 1.54) is 22.3 Å². The van der Waals surface area contributed by atoms with Gasteiger partial charge in [0.25, 0.3) is 0 Å². The molecule has 1 heterocycles. The maximum atomic E-state index is 5.39. The lowest BCUT2D eigenvalue weighted by Crippen LogP contribution is -2.39. The highest BCUT2D eigenvalue weighted by Crippen LogP contribution is 2.25. The van der Waals surface area contributed by atoms with E-state index in [-0.39, 0.29) is 24.0 Å². The SMILES string of the molecule is CCNC(=NCc1ccccc1-c1ccc(Cn2cncn2)cc1)NCCOCC.I. The van der Waals surface area contributed by atoms with E-state index in [2.05, 4.69) is 76.2 Å². The van der Waals surface area contributed by atoms with Crippen molar-refractivity contribution in [1.82, 2.24) is 25.4 Å². The Kier molecular flexibility index (Phi) is 11.0. The van der Waals surface area contributed by atoms with Gasteiger partial charge < -0.3 is 15.4 Å². The van der Waals surface area contributed by atoms with Crippen molar-refractivity contribution in [2.75, 3.05) is 26.3 Å². The first-order valence-electron chi connectivity index (χ1n) is 10.4. The van der Waals surface area contributed by atoms with E-state index in [9.17, 15) is 0 Å². The van der Waals surface area contributed by atoms with Gasteiger partial charge in [-0.15, -0.1) is 24.0 Å². The van der Waals surface area contributed by atoms with Crippen molar-refractivity contribution in [3.8, 4) is 11.1 Å². The van der Waals surface area contributed by atoms with Crippen LogP contribution in [0.4, 0.5) is 0 Å².